The molecule has 1 aromatic rings. The normalized spacial score (nSPS) is 34.3. The highest BCUT2D eigenvalue weighted by atomic mass is 19.4. The molecular weight excluding hydrogens is 439 g/mol. The minimum atomic E-state index is -4.74. The molecule has 0 amide bonds. The third-order valence-corrected chi connectivity index (χ3v) is 7.84. The molecule has 3 aliphatic rings. The predicted octanol–water partition coefficient (Wildman–Crippen LogP) is 7.80. The fraction of sp³-hybridized carbons (Fsp3) is 0.692. The number of benzene rings is 1. The molecule has 1 aromatic carbocycles. The van der Waals surface area contributed by atoms with E-state index in [-0.39, 0.29) is 36.8 Å². The molecule has 1 saturated heterocycles. The molecular formula is C26H33F5O2. The molecule has 2 aliphatic carbocycles. The molecule has 7 heteroatoms. The third-order valence-electron chi connectivity index (χ3n) is 7.84. The van der Waals surface area contributed by atoms with Crippen LogP contribution in [0.25, 0.3) is 0 Å². The van der Waals surface area contributed by atoms with Crippen molar-refractivity contribution in [2.24, 2.45) is 17.8 Å². The van der Waals surface area contributed by atoms with E-state index in [9.17, 15) is 22.0 Å². The average Bonchev–Trinajstić information content (AvgIpc) is 2.79. The van der Waals surface area contributed by atoms with E-state index < -0.39 is 24.4 Å². The standard InChI is InChI=1S/C26H33F5O2/c1-16-2-4-17(5-3-16)20-10-11-22(23(27)12-20)19-8-6-18(7-9-19)21-14-32-25(33-15-21)24(28)13-26(29,30)31/h10-13,16-19,21,25H,2-9,14-15H2,1H3/b24-13-. The van der Waals surface area contributed by atoms with Gasteiger partial charge in [-0.25, -0.2) is 8.78 Å². The monoisotopic (exact) mass is 472 g/mol. The molecule has 0 radical (unpaired) electrons. The van der Waals surface area contributed by atoms with E-state index in [4.69, 9.17) is 9.47 Å². The van der Waals surface area contributed by atoms with E-state index >= 15 is 0 Å². The molecule has 1 aliphatic heterocycles. The molecule has 4 rings (SSSR count). The Hall–Kier alpha value is -1.47. The summed E-state index contributed by atoms with van der Waals surface area (Å²) in [5.74, 6) is 0.144. The molecule has 33 heavy (non-hydrogen) atoms. The summed E-state index contributed by atoms with van der Waals surface area (Å²) < 4.78 is 76.0. The van der Waals surface area contributed by atoms with E-state index in [0.717, 1.165) is 55.6 Å². The van der Waals surface area contributed by atoms with Crippen molar-refractivity contribution >= 4 is 0 Å². The van der Waals surface area contributed by atoms with Crippen LogP contribution in [-0.2, 0) is 9.47 Å². The molecule has 184 valence electrons. The van der Waals surface area contributed by atoms with Crippen molar-refractivity contribution in [3.63, 3.8) is 0 Å². The van der Waals surface area contributed by atoms with E-state index in [2.05, 4.69) is 13.0 Å². The van der Waals surface area contributed by atoms with Gasteiger partial charge in [-0.15, -0.1) is 0 Å². The lowest BCUT2D eigenvalue weighted by molar-refractivity contribution is -0.200. The Bertz CT molecular complexity index is 812. The molecule has 0 atom stereocenters. The molecule has 3 fully saturated rings. The van der Waals surface area contributed by atoms with Crippen molar-refractivity contribution in [2.45, 2.75) is 82.6 Å². The molecule has 0 unspecified atom stereocenters. The lowest BCUT2D eigenvalue weighted by Crippen LogP contribution is -2.37. The van der Waals surface area contributed by atoms with Gasteiger partial charge >= 0.3 is 6.18 Å². The lowest BCUT2D eigenvalue weighted by atomic mass is 9.73. The summed E-state index contributed by atoms with van der Waals surface area (Å²) in [4.78, 5) is 0. The molecule has 0 bridgehead atoms. The highest BCUT2D eigenvalue weighted by Crippen LogP contribution is 2.42. The number of hydrogen-bond acceptors (Lipinski definition) is 2. The number of alkyl halides is 3. The summed E-state index contributed by atoms with van der Waals surface area (Å²) in [5.41, 5.74) is 1.91. The number of allylic oxidation sites excluding steroid dienone is 1. The van der Waals surface area contributed by atoms with Gasteiger partial charge in [0.15, 0.2) is 5.83 Å². The minimum absolute atomic E-state index is 0.0156. The molecule has 0 aromatic heterocycles. The Morgan fingerprint density at radius 3 is 2.06 bits per heavy atom. The Kier molecular flexibility index (Phi) is 7.79. The number of rotatable bonds is 4. The third kappa shape index (κ3) is 6.36. The van der Waals surface area contributed by atoms with Crippen LogP contribution in [0.15, 0.2) is 30.1 Å². The van der Waals surface area contributed by atoms with Gasteiger partial charge in [-0.2, -0.15) is 13.2 Å². The predicted molar refractivity (Wildman–Crippen MR) is 116 cm³/mol. The zero-order valence-corrected chi connectivity index (χ0v) is 19.1. The van der Waals surface area contributed by atoms with Crippen LogP contribution < -0.4 is 0 Å². The van der Waals surface area contributed by atoms with Crippen LogP contribution in [0.5, 0.6) is 0 Å². The van der Waals surface area contributed by atoms with E-state index in [1.165, 1.54) is 12.8 Å². The zero-order valence-electron chi connectivity index (χ0n) is 19.1. The first kappa shape index (κ1) is 24.6. The quantitative estimate of drug-likeness (QED) is 0.416. The number of hydrogen-bond donors (Lipinski definition) is 0. The topological polar surface area (TPSA) is 18.5 Å². The van der Waals surface area contributed by atoms with Crippen molar-refractivity contribution in [3.8, 4) is 0 Å². The lowest BCUT2D eigenvalue weighted by Gasteiger charge is -2.37. The first-order valence-electron chi connectivity index (χ1n) is 12.2. The smallest absolute Gasteiger partial charge is 0.346 e. The van der Waals surface area contributed by atoms with Crippen LogP contribution >= 0.6 is 0 Å². The van der Waals surface area contributed by atoms with Crippen LogP contribution in [-0.4, -0.2) is 25.7 Å². The van der Waals surface area contributed by atoms with Crippen molar-refractivity contribution in [1.82, 2.24) is 0 Å². The van der Waals surface area contributed by atoms with Gasteiger partial charge in [0.2, 0.25) is 6.29 Å². The van der Waals surface area contributed by atoms with Gasteiger partial charge in [0.1, 0.15) is 5.82 Å². The van der Waals surface area contributed by atoms with E-state index in [1.54, 1.807) is 6.07 Å². The zero-order chi connectivity index (χ0) is 23.6. The second-order valence-corrected chi connectivity index (χ2v) is 10.2. The SMILES string of the molecule is CC1CCC(c2ccc(C3CCC(C4COC(/C(F)=C/C(F)(F)F)OC4)CC3)c(F)c2)CC1. The van der Waals surface area contributed by atoms with Crippen LogP contribution in [0.4, 0.5) is 22.0 Å². The summed E-state index contributed by atoms with van der Waals surface area (Å²) >= 11 is 0. The van der Waals surface area contributed by atoms with Crippen LogP contribution in [0.3, 0.4) is 0 Å². The second kappa shape index (κ2) is 10.4. The minimum Gasteiger partial charge on any atom is -0.346 e. The van der Waals surface area contributed by atoms with E-state index in [1.807, 2.05) is 6.07 Å². The Morgan fingerprint density at radius 2 is 1.48 bits per heavy atom. The van der Waals surface area contributed by atoms with Crippen molar-refractivity contribution in [3.05, 3.63) is 47.0 Å². The van der Waals surface area contributed by atoms with Gasteiger partial charge in [-0.3, -0.25) is 0 Å². The molecule has 0 spiro atoms. The largest absolute Gasteiger partial charge is 0.412 e. The van der Waals surface area contributed by atoms with Crippen LogP contribution in [0.1, 0.15) is 81.3 Å². The first-order chi connectivity index (χ1) is 15.7. The van der Waals surface area contributed by atoms with Crippen LogP contribution in [0.2, 0.25) is 0 Å². The number of halogens is 5. The van der Waals surface area contributed by atoms with Crippen molar-refractivity contribution < 1.29 is 31.4 Å². The first-order valence-corrected chi connectivity index (χ1v) is 12.2. The molecule has 0 N–H and O–H groups in total. The van der Waals surface area contributed by atoms with Gasteiger partial charge < -0.3 is 9.47 Å². The average molecular weight is 473 g/mol. The summed E-state index contributed by atoms with van der Waals surface area (Å²) in [5, 5.41) is 0. The Morgan fingerprint density at radius 1 is 0.879 bits per heavy atom. The van der Waals surface area contributed by atoms with Crippen LogP contribution in [0, 0.1) is 23.6 Å². The second-order valence-electron chi connectivity index (χ2n) is 10.2. The maximum Gasteiger partial charge on any atom is 0.412 e. The Labute approximate surface area is 192 Å². The number of ether oxygens (including phenoxy) is 2. The van der Waals surface area contributed by atoms with Crippen molar-refractivity contribution in [1.29, 1.82) is 0 Å². The maximum absolute atomic E-state index is 15.0. The fourth-order valence-electron chi connectivity index (χ4n) is 5.80. The highest BCUT2D eigenvalue weighted by molar-refractivity contribution is 5.30. The summed E-state index contributed by atoms with van der Waals surface area (Å²) in [6.07, 6.45) is 1.38. The highest BCUT2D eigenvalue weighted by Gasteiger charge is 2.36. The molecule has 2 saturated carbocycles. The maximum atomic E-state index is 15.0. The summed E-state index contributed by atoms with van der Waals surface area (Å²) in [6, 6.07) is 5.83. The Balaban J connectivity index is 1.28. The molecule has 2 nitrogen and oxygen atoms in total. The van der Waals surface area contributed by atoms with E-state index in [0.29, 0.717) is 5.92 Å². The van der Waals surface area contributed by atoms with Gasteiger partial charge in [0.05, 0.1) is 19.3 Å². The van der Waals surface area contributed by atoms with Gasteiger partial charge in [0.25, 0.3) is 0 Å². The fourth-order valence-corrected chi connectivity index (χ4v) is 5.80. The van der Waals surface area contributed by atoms with Gasteiger partial charge in [-0.1, -0.05) is 31.9 Å². The summed E-state index contributed by atoms with van der Waals surface area (Å²) in [7, 11) is 0. The summed E-state index contributed by atoms with van der Waals surface area (Å²) in [6.45, 7) is 2.62. The molecule has 1 heterocycles. The van der Waals surface area contributed by atoms with Crippen molar-refractivity contribution in [2.75, 3.05) is 13.2 Å². The van der Waals surface area contributed by atoms with Gasteiger partial charge in [0, 0.05) is 5.92 Å². The van der Waals surface area contributed by atoms with Gasteiger partial charge in [-0.05, 0) is 79.4 Å².